The fraction of sp³-hybridized carbons (Fsp3) is 0.988. The first-order valence-corrected chi connectivity index (χ1v) is 44.1. The predicted octanol–water partition coefficient (Wildman–Crippen LogP) is 17.7. The minimum atomic E-state index is -5.75. The number of carbonyl (C=O) groups excluding carboxylic acids is 1. The number of carbonyl (C=O) groups is 1. The van der Waals surface area contributed by atoms with Crippen molar-refractivity contribution in [2.45, 2.75) is 342 Å². The lowest BCUT2D eigenvalue weighted by atomic mass is 9.63. The zero-order chi connectivity index (χ0) is 101. The summed E-state index contributed by atoms with van der Waals surface area (Å²) in [5.74, 6) is -66.3. The first-order chi connectivity index (χ1) is 59.1. The van der Waals surface area contributed by atoms with Gasteiger partial charge in [-0.1, -0.05) is 83.1 Å². The molecule has 8 N–H and O–H groups in total. The van der Waals surface area contributed by atoms with E-state index in [0.717, 1.165) is 27.7 Å². The Kier molecular flexibility index (Phi) is 25.2. The number of aliphatic hydroxyl groups excluding tert-OH is 1. The van der Waals surface area contributed by atoms with Crippen LogP contribution in [0.25, 0.3) is 0 Å². The molecule has 12 bridgehead atoms. The maximum Gasteiger partial charge on any atom is 0.449 e. The van der Waals surface area contributed by atoms with Gasteiger partial charge < -0.3 is 83.5 Å². The fourth-order valence-corrected chi connectivity index (χ4v) is 28.7. The third-order valence-electron chi connectivity index (χ3n) is 36.7. The molecule has 0 radical (unpaired) electrons. The van der Waals surface area contributed by atoms with E-state index in [1.54, 1.807) is 13.8 Å². The predicted molar refractivity (Wildman–Crippen MR) is 388 cm³/mol. The van der Waals surface area contributed by atoms with Gasteiger partial charge in [-0.15, -0.1) is 0 Å². The van der Waals surface area contributed by atoms with Gasteiger partial charge in [0.2, 0.25) is 0 Å². The molecule has 6 heterocycles. The van der Waals surface area contributed by atoms with E-state index >= 15 is 0 Å². The van der Waals surface area contributed by atoms with Crippen LogP contribution in [-0.4, -0.2) is 220 Å². The molecule has 6 aliphatic heterocycles. The molecule has 0 aromatic heterocycles. The first-order valence-electron chi connectivity index (χ1n) is 44.1. The van der Waals surface area contributed by atoms with E-state index in [-0.39, 0.29) is 137 Å². The van der Waals surface area contributed by atoms with Crippen molar-refractivity contribution in [2.24, 2.45) is 166 Å². The number of esters is 1. The van der Waals surface area contributed by atoms with Crippen LogP contribution in [0, 0.1) is 166 Å². The highest BCUT2D eigenvalue weighted by atomic mass is 19.4. The summed E-state index contributed by atoms with van der Waals surface area (Å²) in [7, 11) is 0. The molecule has 43 unspecified atom stereocenters. The van der Waals surface area contributed by atoms with Gasteiger partial charge in [-0.2, -0.15) is 123 Å². The smallest absolute Gasteiger partial charge is 0.449 e. The highest BCUT2D eigenvalue weighted by Gasteiger charge is 2.92. The lowest BCUT2D eigenvalue weighted by molar-refractivity contribution is -0.547. The van der Waals surface area contributed by atoms with Gasteiger partial charge in [-0.05, 0) is 227 Å². The highest BCUT2D eigenvalue weighted by Crippen LogP contribution is 2.75. The van der Waals surface area contributed by atoms with E-state index in [1.807, 2.05) is 69.2 Å². The SMILES string of the molecule is CC(=O)OC1(C)C2C3CC(C(C)C3C)C2OC(O)(C(F)(F)F)C1(F)F.CC1C(C)C2CC1C1CC(F)(F)C(O)(C(F)(F)F)OC21.CC1C(C)C2CC1C1OC(O)(C(F)(F)F)C(F)(F)C(C)(O)C21.CC1C(C)C2CC1C1OC(O)(C(F)(F)F)C(F)(F)C(O)C21.CC1C2CC(C1C)C1(C2)OC(C)(C)OC(O)(C(F)(F)F)C1(F)F.CC1C2CC(C1C)C1(C2)OCOC(O)(C(F)(F)F)C1(F)F. The third kappa shape index (κ3) is 14.0. The summed E-state index contributed by atoms with van der Waals surface area (Å²) in [4.78, 5) is 11.4. The summed E-state index contributed by atoms with van der Waals surface area (Å²) < 4.78 is 451. The van der Waals surface area contributed by atoms with Crippen LogP contribution in [0.2, 0.25) is 0 Å². The number of hydrogen-bond acceptors (Lipinski definition) is 18. The molecule has 2 spiro atoms. The van der Waals surface area contributed by atoms with E-state index in [4.69, 9.17) is 18.9 Å². The molecule has 12 aliphatic carbocycles. The lowest BCUT2D eigenvalue weighted by Gasteiger charge is -2.58. The normalized spacial score (nSPS) is 53.6. The minimum Gasteiger partial charge on any atom is -0.452 e. The number of halogens is 30. The molecule has 48 heteroatoms. The van der Waals surface area contributed by atoms with Gasteiger partial charge in [0.25, 0.3) is 0 Å². The second kappa shape index (κ2) is 31.4. The summed E-state index contributed by atoms with van der Waals surface area (Å²) in [6.07, 6.45) is -39.7. The topological polar surface area (TPSA) is 262 Å². The summed E-state index contributed by atoms with van der Waals surface area (Å²) >= 11 is 0. The number of ether oxygens (including phenoxy) is 9. The Labute approximate surface area is 737 Å². The zero-order valence-electron chi connectivity index (χ0n) is 74.1. The zero-order valence-corrected chi connectivity index (χ0v) is 74.1. The lowest BCUT2D eigenvalue weighted by Crippen LogP contribution is -2.78. The van der Waals surface area contributed by atoms with Crippen LogP contribution in [-0.2, 0) is 47.4 Å². The second-order valence-corrected chi connectivity index (χ2v) is 42.6. The number of fused-ring (bicyclic) bond motifs is 26. The molecule has 18 rings (SSSR count). The van der Waals surface area contributed by atoms with Crippen LogP contribution in [0.1, 0.15) is 175 Å². The second-order valence-electron chi connectivity index (χ2n) is 42.6. The molecule has 18 aliphatic rings. The molecule has 766 valence electrons. The van der Waals surface area contributed by atoms with Crippen LogP contribution in [0.4, 0.5) is 132 Å². The molecule has 12 saturated carbocycles. The van der Waals surface area contributed by atoms with Gasteiger partial charge in [0.15, 0.2) is 18.2 Å². The molecule has 43 atom stereocenters. The Bertz CT molecular complexity index is 4270. The molecular weight excluding hydrogens is 1870 g/mol. The van der Waals surface area contributed by atoms with E-state index < -0.39 is 227 Å². The van der Waals surface area contributed by atoms with E-state index in [0.29, 0.717) is 45.4 Å². The van der Waals surface area contributed by atoms with Crippen LogP contribution in [0.5, 0.6) is 0 Å². The maximum absolute atomic E-state index is 15.0. The highest BCUT2D eigenvalue weighted by molar-refractivity contribution is 5.67. The number of rotatable bonds is 1. The van der Waals surface area contributed by atoms with Crippen molar-refractivity contribution in [3.63, 3.8) is 0 Å². The Morgan fingerprint density at radius 2 is 0.674 bits per heavy atom. The van der Waals surface area contributed by atoms with Gasteiger partial charge in [0.05, 0.1) is 24.4 Å². The van der Waals surface area contributed by atoms with Gasteiger partial charge in [-0.25, -0.2) is 8.78 Å². The molecule has 18 nitrogen and oxygen atoms in total. The number of aliphatic hydroxyl groups is 8. The standard InChI is InChI=1S/C16H21F5O4.C15H21F5O3.C14H19F5O3.2C13H17F5O3.C13H17F5O2/c1-6-7(2)10-5-9(6)11-12(10)25-15(23,16(19,20)21)14(17,18)13(11,4)24-8(3)22;1-7-8(2)10-5-9(7)6-12(10)13(16,17)14(21,15(18,19)20)23-11(3,4)22-12;1-5-6(2)8-4-7(5)9-10(8)22-13(21,14(17,18)19)12(15,16)11(9,3)20;1-6-7(2)9-3-8(6)4-10(9)11(14,15)12(19,13(16,17)18)21-5-20-10;1-4-5(2)7-3-6(4)8-9(7)21-12(20,13(16,17)18)11(14,15)10(8)19;1-5-6(2)8-3-7(5)9-4-11(14,15)12(19,13(16,17)18)20-10(8)9/h6-7,9-12,23H,5H2,1-4H3;7-10,21H,5-6H2,1-4H3;5-10,20-21H,4H2,1-3H3;6-9,19H,3-5H2,1-2H3;4-10,19-20H,3H2,1-2H3;5-10,19H,3-4H2,1-2H3. The van der Waals surface area contributed by atoms with E-state index in [1.165, 1.54) is 0 Å². The molecule has 0 aromatic rings. The Morgan fingerprint density at radius 3 is 1.10 bits per heavy atom. The Balaban J connectivity index is 0.000000135. The van der Waals surface area contributed by atoms with Crippen molar-refractivity contribution < 1.29 is 220 Å². The van der Waals surface area contributed by atoms with Crippen molar-refractivity contribution >= 4 is 5.97 Å². The average Bonchev–Trinajstić information content (AvgIpc) is 1.41. The van der Waals surface area contributed by atoms with Crippen LogP contribution < -0.4 is 0 Å². The largest absolute Gasteiger partial charge is 0.452 e. The molecular formula is C84H112F30O18. The van der Waals surface area contributed by atoms with Crippen LogP contribution >= 0.6 is 0 Å². The fourth-order valence-electron chi connectivity index (χ4n) is 28.7. The third-order valence-corrected chi connectivity index (χ3v) is 36.7. The molecule has 18 fully saturated rings. The van der Waals surface area contributed by atoms with E-state index in [9.17, 15) is 177 Å². The van der Waals surface area contributed by atoms with Crippen molar-refractivity contribution in [3.05, 3.63) is 0 Å². The minimum absolute atomic E-state index is 0.00709. The summed E-state index contributed by atoms with van der Waals surface area (Å²) in [6, 6.07) is 0. The average molecular weight is 1980 g/mol. The first kappa shape index (κ1) is 106. The van der Waals surface area contributed by atoms with Crippen LogP contribution in [0.3, 0.4) is 0 Å². The summed E-state index contributed by atoms with van der Waals surface area (Å²) in [5.41, 5.74) is -10.5. The van der Waals surface area contributed by atoms with Crippen molar-refractivity contribution in [1.82, 2.24) is 0 Å². The van der Waals surface area contributed by atoms with Crippen molar-refractivity contribution in [2.75, 3.05) is 6.79 Å². The van der Waals surface area contributed by atoms with Gasteiger partial charge in [-0.3, -0.25) is 4.79 Å². The molecule has 0 aromatic carbocycles. The van der Waals surface area contributed by atoms with Gasteiger partial charge >= 0.3 is 113 Å². The van der Waals surface area contributed by atoms with E-state index in [2.05, 4.69) is 23.7 Å². The summed E-state index contributed by atoms with van der Waals surface area (Å²) in [5, 5.41) is 78.1. The van der Waals surface area contributed by atoms with Crippen LogP contribution in [0.15, 0.2) is 0 Å². The molecule has 132 heavy (non-hydrogen) atoms. The molecule has 6 saturated heterocycles. The summed E-state index contributed by atoms with van der Waals surface area (Å²) in [6.45, 7) is 25.8. The number of alkyl halides is 30. The quantitative estimate of drug-likeness (QED) is 0.0896. The number of hydrogen-bond donors (Lipinski definition) is 8. The maximum atomic E-state index is 15.0. The van der Waals surface area contributed by atoms with Gasteiger partial charge in [0, 0.05) is 31.1 Å². The van der Waals surface area contributed by atoms with Gasteiger partial charge in [0.1, 0.15) is 22.9 Å². The monoisotopic (exact) mass is 1980 g/mol. The Morgan fingerprint density at radius 1 is 0.333 bits per heavy atom. The van der Waals surface area contributed by atoms with Crippen molar-refractivity contribution in [1.29, 1.82) is 0 Å². The van der Waals surface area contributed by atoms with Crippen molar-refractivity contribution in [3.8, 4) is 0 Å². The Hall–Kier alpha value is -3.27. The molecule has 0 amide bonds.